The highest BCUT2D eigenvalue weighted by molar-refractivity contribution is 8.14. The van der Waals surface area contributed by atoms with Crippen LogP contribution in [0, 0.1) is 25.2 Å². The minimum Gasteiger partial charge on any atom is -0.335 e. The monoisotopic (exact) mass is 487 g/mol. The molecule has 170 valence electrons. The van der Waals surface area contributed by atoms with Gasteiger partial charge in [-0.3, -0.25) is 4.99 Å². The minimum absolute atomic E-state index is 0.157. The molecule has 3 aromatic carbocycles. The van der Waals surface area contributed by atoms with Crippen LogP contribution in [0.4, 0.5) is 18.9 Å². The summed E-state index contributed by atoms with van der Waals surface area (Å²) in [4.78, 5) is 5.48. The predicted octanol–water partition coefficient (Wildman–Crippen LogP) is 7.65. The van der Waals surface area contributed by atoms with Crippen molar-refractivity contribution < 1.29 is 13.2 Å². The van der Waals surface area contributed by atoms with Crippen molar-refractivity contribution in [2.75, 3.05) is 11.9 Å². The van der Waals surface area contributed by atoms with Gasteiger partial charge in [-0.2, -0.15) is 18.4 Å². The number of alkyl halides is 3. The summed E-state index contributed by atoms with van der Waals surface area (Å²) in [6, 6.07) is 19.0. The van der Waals surface area contributed by atoms with Crippen LogP contribution >= 0.6 is 23.4 Å². The van der Waals surface area contributed by atoms with E-state index in [0.29, 0.717) is 34.4 Å². The number of nitrogens with one attached hydrogen (secondary N) is 1. The molecule has 0 aliphatic carbocycles. The molecule has 0 saturated heterocycles. The van der Waals surface area contributed by atoms with Crippen LogP contribution in [0.5, 0.6) is 0 Å². The molecule has 0 fully saturated rings. The third-order valence-electron chi connectivity index (χ3n) is 4.87. The van der Waals surface area contributed by atoms with Crippen LogP contribution in [0.1, 0.15) is 27.8 Å². The van der Waals surface area contributed by atoms with Crippen LogP contribution < -0.4 is 5.32 Å². The summed E-state index contributed by atoms with van der Waals surface area (Å²) < 4.78 is 40.1. The highest BCUT2D eigenvalue weighted by atomic mass is 35.5. The summed E-state index contributed by atoms with van der Waals surface area (Å²) in [7, 11) is 0. The smallest absolute Gasteiger partial charge is 0.335 e. The Labute approximate surface area is 200 Å². The molecule has 1 N–H and O–H groups in total. The first-order valence-corrected chi connectivity index (χ1v) is 11.3. The number of thioether (sulfide) groups is 1. The summed E-state index contributed by atoms with van der Waals surface area (Å²) in [6.07, 6.45) is -3.79. The Morgan fingerprint density at radius 3 is 2.39 bits per heavy atom. The molecule has 0 saturated carbocycles. The lowest BCUT2D eigenvalue weighted by Gasteiger charge is -2.15. The van der Waals surface area contributed by atoms with Gasteiger partial charge in [0.2, 0.25) is 0 Å². The number of aliphatic imine (C=N–C) groups is 1. The number of aryl methyl sites for hydroxylation is 2. The Hall–Kier alpha value is -2.95. The first kappa shape index (κ1) is 24.7. The number of hydrogen-bond acceptors (Lipinski definition) is 3. The third-order valence-corrected chi connectivity index (χ3v) is 6.23. The van der Waals surface area contributed by atoms with Gasteiger partial charge < -0.3 is 5.32 Å². The quantitative estimate of drug-likeness (QED) is 0.228. The van der Waals surface area contributed by atoms with E-state index in [1.165, 1.54) is 24.8 Å². The van der Waals surface area contributed by atoms with Crippen LogP contribution in [0.15, 0.2) is 70.6 Å². The normalized spacial score (nSPS) is 11.8. The van der Waals surface area contributed by atoms with Crippen molar-refractivity contribution in [3.05, 3.63) is 93.5 Å². The van der Waals surface area contributed by atoms with Crippen molar-refractivity contribution in [3.8, 4) is 6.07 Å². The van der Waals surface area contributed by atoms with Crippen LogP contribution in [0.25, 0.3) is 0 Å². The molecule has 0 atom stereocenters. The second kappa shape index (κ2) is 10.8. The molecule has 0 aliphatic heterocycles. The Morgan fingerprint density at radius 2 is 1.76 bits per heavy atom. The van der Waals surface area contributed by atoms with Crippen molar-refractivity contribution in [1.29, 1.82) is 5.26 Å². The molecule has 0 unspecified atom stereocenters. The van der Waals surface area contributed by atoms with Crippen molar-refractivity contribution in [3.63, 3.8) is 0 Å². The van der Waals surface area contributed by atoms with E-state index in [2.05, 4.69) is 16.4 Å². The molecule has 0 radical (unpaired) electrons. The standard InChI is InChI=1S/C25H21ClF3N3S/c1-16-3-9-21(14-22(16)25(27,28)29)32-24(31-12-11-18-4-7-20(26)8-5-18)33-23-10-6-19(15-30)13-17(23)2/h3-10,13-14H,11-12H2,1-2H3,(H,31,32). The molecular weight excluding hydrogens is 467 g/mol. The van der Waals surface area contributed by atoms with Crippen LogP contribution in [-0.2, 0) is 12.6 Å². The van der Waals surface area contributed by atoms with Gasteiger partial charge in [0.1, 0.15) is 0 Å². The summed E-state index contributed by atoms with van der Waals surface area (Å²) in [5.74, 6) is 0. The maximum absolute atomic E-state index is 13.4. The first-order valence-electron chi connectivity index (χ1n) is 10.1. The van der Waals surface area contributed by atoms with Crippen molar-refractivity contribution >= 4 is 34.2 Å². The van der Waals surface area contributed by atoms with Gasteiger partial charge in [-0.05, 0) is 79.4 Å². The molecule has 8 heteroatoms. The summed E-state index contributed by atoms with van der Waals surface area (Å²) in [6.45, 7) is 3.75. The molecule has 3 nitrogen and oxygen atoms in total. The predicted molar refractivity (Wildman–Crippen MR) is 129 cm³/mol. The number of nitrogens with zero attached hydrogens (tertiary/aromatic N) is 2. The Kier molecular flexibility index (Phi) is 8.06. The van der Waals surface area contributed by atoms with Crippen LogP contribution in [0.3, 0.4) is 0 Å². The van der Waals surface area contributed by atoms with Gasteiger partial charge in [0.15, 0.2) is 5.17 Å². The van der Waals surface area contributed by atoms with Crippen LogP contribution in [0.2, 0.25) is 5.02 Å². The molecular formula is C25H21ClF3N3S. The van der Waals surface area contributed by atoms with Crippen molar-refractivity contribution in [2.45, 2.75) is 31.3 Å². The fraction of sp³-hybridized carbons (Fsp3) is 0.200. The largest absolute Gasteiger partial charge is 0.416 e. The molecule has 3 aromatic rings. The SMILES string of the molecule is Cc1cc(C#N)ccc1SC(=NCCc1ccc(Cl)cc1)Nc1ccc(C)c(C(F)(F)F)c1. The van der Waals surface area contributed by atoms with Crippen molar-refractivity contribution in [1.82, 2.24) is 0 Å². The molecule has 33 heavy (non-hydrogen) atoms. The number of amidine groups is 1. The zero-order chi connectivity index (χ0) is 24.0. The van der Waals surface area contributed by atoms with Gasteiger partial charge in [-0.1, -0.05) is 41.6 Å². The molecule has 0 heterocycles. The van der Waals surface area contributed by atoms with E-state index in [1.54, 1.807) is 30.3 Å². The lowest BCUT2D eigenvalue weighted by molar-refractivity contribution is -0.138. The second-order valence-electron chi connectivity index (χ2n) is 7.41. The average Bonchev–Trinajstić information content (AvgIpc) is 2.77. The maximum Gasteiger partial charge on any atom is 0.416 e. The number of benzene rings is 3. The van der Waals surface area contributed by atoms with E-state index < -0.39 is 11.7 Å². The molecule has 0 bridgehead atoms. The van der Waals surface area contributed by atoms with Gasteiger partial charge in [0.25, 0.3) is 0 Å². The van der Waals surface area contributed by atoms with Gasteiger partial charge in [0.05, 0.1) is 17.2 Å². The lowest BCUT2D eigenvalue weighted by atomic mass is 10.1. The third kappa shape index (κ3) is 7.01. The van der Waals surface area contributed by atoms with Crippen molar-refractivity contribution in [2.24, 2.45) is 4.99 Å². The van der Waals surface area contributed by atoms with E-state index in [0.717, 1.165) is 22.1 Å². The van der Waals surface area contributed by atoms with E-state index in [1.807, 2.05) is 25.1 Å². The fourth-order valence-electron chi connectivity index (χ4n) is 3.10. The van der Waals surface area contributed by atoms with Gasteiger partial charge in [-0.25, -0.2) is 0 Å². The Balaban J connectivity index is 1.86. The Morgan fingerprint density at radius 1 is 1.03 bits per heavy atom. The van der Waals surface area contributed by atoms with Gasteiger partial charge >= 0.3 is 6.18 Å². The Bertz CT molecular complexity index is 1200. The minimum atomic E-state index is -4.44. The number of rotatable bonds is 5. The number of hydrogen-bond donors (Lipinski definition) is 1. The van der Waals surface area contributed by atoms with Gasteiger partial charge in [0, 0.05) is 22.2 Å². The highest BCUT2D eigenvalue weighted by Gasteiger charge is 2.32. The summed E-state index contributed by atoms with van der Waals surface area (Å²) >= 11 is 7.24. The second-order valence-corrected chi connectivity index (χ2v) is 8.88. The zero-order valence-electron chi connectivity index (χ0n) is 18.0. The maximum atomic E-state index is 13.4. The van der Waals surface area contributed by atoms with E-state index in [-0.39, 0.29) is 5.56 Å². The molecule has 0 aromatic heterocycles. The lowest BCUT2D eigenvalue weighted by Crippen LogP contribution is -2.12. The van der Waals surface area contributed by atoms with Gasteiger partial charge in [-0.15, -0.1) is 0 Å². The summed E-state index contributed by atoms with van der Waals surface area (Å²) in [5, 5.41) is 13.3. The van der Waals surface area contributed by atoms with E-state index >= 15 is 0 Å². The number of nitriles is 1. The topological polar surface area (TPSA) is 48.2 Å². The summed E-state index contributed by atoms with van der Waals surface area (Å²) in [5.41, 5.74) is 2.25. The first-order chi connectivity index (χ1) is 15.7. The zero-order valence-corrected chi connectivity index (χ0v) is 19.6. The molecule has 0 spiro atoms. The van der Waals surface area contributed by atoms with Crippen LogP contribution in [-0.4, -0.2) is 11.7 Å². The number of halogens is 4. The van der Waals surface area contributed by atoms with E-state index in [4.69, 9.17) is 16.9 Å². The number of anilines is 1. The molecule has 0 aliphatic rings. The fourth-order valence-corrected chi connectivity index (χ4v) is 4.12. The molecule has 0 amide bonds. The molecule has 3 rings (SSSR count). The average molecular weight is 488 g/mol. The highest BCUT2D eigenvalue weighted by Crippen LogP contribution is 2.34. The van der Waals surface area contributed by atoms with E-state index in [9.17, 15) is 13.2 Å².